The molecule has 2 rings (SSSR count). The summed E-state index contributed by atoms with van der Waals surface area (Å²) in [5.41, 5.74) is 1.88. The molecule has 0 bridgehead atoms. The Kier molecular flexibility index (Phi) is 5.44. The lowest BCUT2D eigenvalue weighted by atomic mass is 10.2. The molecule has 0 atom stereocenters. The van der Waals surface area contributed by atoms with Gasteiger partial charge in [0.15, 0.2) is 0 Å². The Bertz CT molecular complexity index is 617. The van der Waals surface area contributed by atoms with Crippen molar-refractivity contribution in [2.24, 2.45) is 0 Å². The zero-order valence-electron chi connectivity index (χ0n) is 9.48. The van der Waals surface area contributed by atoms with E-state index in [2.05, 4.69) is 37.2 Å². The van der Waals surface area contributed by atoms with Crippen molar-refractivity contribution in [2.75, 3.05) is 5.32 Å². The van der Waals surface area contributed by atoms with Crippen LogP contribution in [0.3, 0.4) is 0 Å². The molecule has 0 aliphatic carbocycles. The topological polar surface area (TPSA) is 12.0 Å². The highest BCUT2D eigenvalue weighted by Crippen LogP contribution is 2.36. The molecule has 0 spiro atoms. The van der Waals surface area contributed by atoms with Crippen LogP contribution in [0, 0.1) is 0 Å². The molecular formula is C13H8Br2Cl3N. The minimum atomic E-state index is 0.504. The molecule has 2 aromatic rings. The number of hydrogen-bond donors (Lipinski definition) is 1. The minimum absolute atomic E-state index is 0.504. The van der Waals surface area contributed by atoms with Gasteiger partial charge in [-0.2, -0.15) is 0 Å². The van der Waals surface area contributed by atoms with E-state index in [1.54, 1.807) is 0 Å². The van der Waals surface area contributed by atoms with E-state index in [0.717, 1.165) is 20.2 Å². The fraction of sp³-hybridized carbons (Fsp3) is 0.0769. The van der Waals surface area contributed by atoms with Crippen molar-refractivity contribution >= 4 is 72.4 Å². The monoisotopic (exact) mass is 441 g/mol. The van der Waals surface area contributed by atoms with E-state index in [0.29, 0.717) is 21.6 Å². The van der Waals surface area contributed by atoms with Crippen LogP contribution in [0.1, 0.15) is 5.56 Å². The molecule has 100 valence electrons. The van der Waals surface area contributed by atoms with Gasteiger partial charge in [0.1, 0.15) is 0 Å². The summed E-state index contributed by atoms with van der Waals surface area (Å²) < 4.78 is 1.65. The Morgan fingerprint density at radius 1 is 0.895 bits per heavy atom. The van der Waals surface area contributed by atoms with Crippen LogP contribution in [0.25, 0.3) is 0 Å². The van der Waals surface area contributed by atoms with Crippen molar-refractivity contribution in [3.8, 4) is 0 Å². The highest BCUT2D eigenvalue weighted by Gasteiger charge is 2.08. The normalized spacial score (nSPS) is 10.6. The van der Waals surface area contributed by atoms with Gasteiger partial charge in [-0.15, -0.1) is 0 Å². The maximum atomic E-state index is 6.17. The Labute approximate surface area is 143 Å². The number of rotatable bonds is 3. The molecule has 6 heteroatoms. The number of hydrogen-bond acceptors (Lipinski definition) is 1. The van der Waals surface area contributed by atoms with Crippen LogP contribution in [-0.4, -0.2) is 0 Å². The molecule has 2 aromatic carbocycles. The van der Waals surface area contributed by atoms with Gasteiger partial charge < -0.3 is 5.32 Å². The largest absolute Gasteiger partial charge is 0.380 e. The highest BCUT2D eigenvalue weighted by atomic mass is 79.9. The van der Waals surface area contributed by atoms with Crippen molar-refractivity contribution in [3.05, 3.63) is 59.9 Å². The van der Waals surface area contributed by atoms with Gasteiger partial charge >= 0.3 is 0 Å². The number of anilines is 1. The molecule has 0 radical (unpaired) electrons. The second kappa shape index (κ2) is 6.68. The predicted octanol–water partition coefficient (Wildman–Crippen LogP) is 6.78. The highest BCUT2D eigenvalue weighted by molar-refractivity contribution is 9.10. The van der Waals surface area contributed by atoms with Gasteiger partial charge in [0.05, 0.1) is 20.8 Å². The molecule has 0 amide bonds. The molecule has 1 N–H and O–H groups in total. The third kappa shape index (κ3) is 3.79. The minimum Gasteiger partial charge on any atom is -0.380 e. The fourth-order valence-corrected chi connectivity index (χ4v) is 2.89. The summed E-state index contributed by atoms with van der Waals surface area (Å²) in [6.45, 7) is 0.632. The second-order valence-corrected chi connectivity index (χ2v) is 6.70. The molecule has 0 heterocycles. The Balaban J connectivity index is 2.14. The summed E-state index contributed by atoms with van der Waals surface area (Å²) in [6, 6.07) is 9.49. The molecule has 0 saturated heterocycles. The van der Waals surface area contributed by atoms with Gasteiger partial charge in [-0.05, 0) is 61.7 Å². The van der Waals surface area contributed by atoms with Crippen molar-refractivity contribution in [3.63, 3.8) is 0 Å². The first-order valence-electron chi connectivity index (χ1n) is 5.30. The smallest absolute Gasteiger partial charge is 0.0835 e. The number of halogens is 5. The van der Waals surface area contributed by atoms with Gasteiger partial charge in [-0.1, -0.05) is 40.9 Å². The van der Waals surface area contributed by atoms with Gasteiger partial charge in [0.2, 0.25) is 0 Å². The molecule has 1 nitrogen and oxygen atoms in total. The Morgan fingerprint density at radius 2 is 1.63 bits per heavy atom. The van der Waals surface area contributed by atoms with E-state index in [4.69, 9.17) is 34.8 Å². The van der Waals surface area contributed by atoms with Crippen LogP contribution < -0.4 is 5.32 Å². The summed E-state index contributed by atoms with van der Waals surface area (Å²) in [5.74, 6) is 0. The maximum Gasteiger partial charge on any atom is 0.0835 e. The first-order valence-corrected chi connectivity index (χ1v) is 8.02. The second-order valence-electron chi connectivity index (χ2n) is 3.82. The summed E-state index contributed by atoms with van der Waals surface area (Å²) in [6.07, 6.45) is 0. The molecular weight excluding hydrogens is 436 g/mol. The SMILES string of the molecule is Clc1ccc(CNc2ccc(Br)c(Cl)c2Cl)cc1Br. The molecule has 0 saturated carbocycles. The zero-order valence-corrected chi connectivity index (χ0v) is 14.9. The lowest BCUT2D eigenvalue weighted by molar-refractivity contribution is 1.15. The van der Waals surface area contributed by atoms with E-state index >= 15 is 0 Å². The molecule has 0 aliphatic heterocycles. The lowest BCUT2D eigenvalue weighted by Crippen LogP contribution is -2.00. The van der Waals surface area contributed by atoms with Crippen molar-refractivity contribution in [1.82, 2.24) is 0 Å². The van der Waals surface area contributed by atoms with Crippen molar-refractivity contribution in [2.45, 2.75) is 6.54 Å². The number of nitrogens with one attached hydrogen (secondary N) is 1. The standard InChI is InChI=1S/C13H8Br2Cl3N/c14-8-2-4-11(13(18)12(8)17)19-6-7-1-3-10(16)9(15)5-7/h1-5,19H,6H2. The summed E-state index contributed by atoms with van der Waals surface area (Å²) >= 11 is 24.9. The first kappa shape index (κ1) is 15.5. The van der Waals surface area contributed by atoms with Gasteiger partial charge in [0, 0.05) is 15.5 Å². The third-order valence-electron chi connectivity index (χ3n) is 2.50. The van der Waals surface area contributed by atoms with Crippen LogP contribution >= 0.6 is 66.7 Å². The van der Waals surface area contributed by atoms with E-state index < -0.39 is 0 Å². The zero-order chi connectivity index (χ0) is 14.0. The van der Waals surface area contributed by atoms with Crippen LogP contribution in [0.5, 0.6) is 0 Å². The molecule has 0 aliphatic rings. The van der Waals surface area contributed by atoms with E-state index in [1.807, 2.05) is 30.3 Å². The molecule has 0 fully saturated rings. The van der Waals surface area contributed by atoms with Gasteiger partial charge in [0.25, 0.3) is 0 Å². The van der Waals surface area contributed by atoms with Gasteiger partial charge in [-0.3, -0.25) is 0 Å². The molecule has 0 unspecified atom stereocenters. The van der Waals surface area contributed by atoms with Gasteiger partial charge in [-0.25, -0.2) is 0 Å². The van der Waals surface area contributed by atoms with Crippen molar-refractivity contribution < 1.29 is 0 Å². The third-order valence-corrected chi connectivity index (χ3v) is 5.49. The van der Waals surface area contributed by atoms with Crippen molar-refractivity contribution in [1.29, 1.82) is 0 Å². The average Bonchev–Trinajstić information content (AvgIpc) is 2.39. The van der Waals surface area contributed by atoms with Crippen LogP contribution in [0.2, 0.25) is 15.1 Å². The molecule has 19 heavy (non-hydrogen) atoms. The fourth-order valence-electron chi connectivity index (χ4n) is 1.51. The van der Waals surface area contributed by atoms with E-state index in [9.17, 15) is 0 Å². The van der Waals surface area contributed by atoms with Crippen LogP contribution in [0.4, 0.5) is 5.69 Å². The van der Waals surface area contributed by atoms with E-state index in [1.165, 1.54) is 0 Å². The van der Waals surface area contributed by atoms with Crippen LogP contribution in [-0.2, 0) is 6.54 Å². The Morgan fingerprint density at radius 3 is 2.32 bits per heavy atom. The molecule has 0 aromatic heterocycles. The van der Waals surface area contributed by atoms with Crippen LogP contribution in [0.15, 0.2) is 39.3 Å². The number of benzene rings is 2. The first-order chi connectivity index (χ1) is 8.99. The summed E-state index contributed by atoms with van der Waals surface area (Å²) in [5, 5.41) is 4.94. The average molecular weight is 444 g/mol. The predicted molar refractivity (Wildman–Crippen MR) is 90.6 cm³/mol. The Hall–Kier alpha value is 0.0700. The lowest BCUT2D eigenvalue weighted by Gasteiger charge is -2.11. The summed E-state index contributed by atoms with van der Waals surface area (Å²) in [4.78, 5) is 0. The quantitative estimate of drug-likeness (QED) is 0.515. The summed E-state index contributed by atoms with van der Waals surface area (Å²) in [7, 11) is 0. The van der Waals surface area contributed by atoms with E-state index in [-0.39, 0.29) is 0 Å². The maximum absolute atomic E-state index is 6.17.